The summed E-state index contributed by atoms with van der Waals surface area (Å²) in [5, 5.41) is 12.1. The van der Waals surface area contributed by atoms with Crippen molar-refractivity contribution in [1.82, 2.24) is 0 Å². The molecule has 1 heterocycles. The summed E-state index contributed by atoms with van der Waals surface area (Å²) in [6.07, 6.45) is 1.37. The van der Waals surface area contributed by atoms with E-state index in [1.807, 2.05) is 44.2 Å². The molecule has 0 amide bonds. The number of hydrogen-bond donors (Lipinski definition) is 2. The summed E-state index contributed by atoms with van der Waals surface area (Å²) >= 11 is 0. The van der Waals surface area contributed by atoms with Crippen LogP contribution in [-0.2, 0) is 6.42 Å². The van der Waals surface area contributed by atoms with Crippen LogP contribution in [0.1, 0.15) is 58.1 Å². The third-order valence-corrected chi connectivity index (χ3v) is 6.06. The van der Waals surface area contributed by atoms with Gasteiger partial charge in [-0.3, -0.25) is 0 Å². The summed E-state index contributed by atoms with van der Waals surface area (Å²) in [4.78, 5) is 0. The second-order valence-electron chi connectivity index (χ2n) is 9.45. The molecular weight excluding hydrogens is 350 g/mol. The lowest BCUT2D eigenvalue weighted by Crippen LogP contribution is -2.62. The Hall–Kier alpha value is -2.20. The van der Waals surface area contributed by atoms with Gasteiger partial charge in [-0.25, -0.2) is 0 Å². The number of nitrogen functional groups attached to an aromatic ring is 1. The summed E-state index contributed by atoms with van der Waals surface area (Å²) < 4.78 is 11.8. The van der Waals surface area contributed by atoms with E-state index < -0.39 is 11.2 Å². The SMILES string of the molecule is COc1cc2c(cc1N)OC(C)(C)[C@@](O)(CCc1ccccc1)C2C(C)(C)C. The Morgan fingerprint density at radius 2 is 1.79 bits per heavy atom. The summed E-state index contributed by atoms with van der Waals surface area (Å²) in [5.74, 6) is 1.20. The fourth-order valence-electron chi connectivity index (χ4n) is 4.66. The number of aliphatic hydroxyl groups is 1. The average Bonchev–Trinajstić information content (AvgIpc) is 2.60. The molecule has 3 N–H and O–H groups in total. The van der Waals surface area contributed by atoms with Crippen LogP contribution in [0, 0.1) is 5.41 Å². The Bertz CT molecular complexity index is 839. The van der Waals surface area contributed by atoms with Crippen molar-refractivity contribution < 1.29 is 14.6 Å². The van der Waals surface area contributed by atoms with Crippen molar-refractivity contribution in [3.63, 3.8) is 0 Å². The summed E-state index contributed by atoms with van der Waals surface area (Å²) in [7, 11) is 1.61. The standard InChI is InChI=1S/C24H33NO3/c1-22(2,3)21-17-14-20(27-6)18(25)15-19(17)28-23(4,5)24(21,26)13-12-16-10-8-7-9-11-16/h7-11,14-15,21,26H,12-13,25H2,1-6H3/t21?,24-/m1/s1. The Labute approximate surface area is 168 Å². The molecule has 0 saturated heterocycles. The van der Waals surface area contributed by atoms with Crippen molar-refractivity contribution in [2.24, 2.45) is 5.41 Å². The predicted molar refractivity (Wildman–Crippen MR) is 114 cm³/mol. The van der Waals surface area contributed by atoms with Crippen molar-refractivity contribution in [3.8, 4) is 11.5 Å². The molecule has 0 radical (unpaired) electrons. The first-order valence-corrected chi connectivity index (χ1v) is 9.92. The van der Waals surface area contributed by atoms with E-state index in [-0.39, 0.29) is 11.3 Å². The lowest BCUT2D eigenvalue weighted by atomic mass is 9.59. The lowest BCUT2D eigenvalue weighted by molar-refractivity contribution is -0.167. The molecule has 1 unspecified atom stereocenters. The van der Waals surface area contributed by atoms with Crippen LogP contribution in [0.4, 0.5) is 5.69 Å². The second kappa shape index (κ2) is 7.00. The molecule has 0 bridgehead atoms. The highest BCUT2D eigenvalue weighted by atomic mass is 16.5. The zero-order valence-corrected chi connectivity index (χ0v) is 17.9. The minimum Gasteiger partial charge on any atom is -0.495 e. The number of nitrogens with two attached hydrogens (primary N) is 1. The monoisotopic (exact) mass is 383 g/mol. The Balaban J connectivity index is 2.11. The van der Waals surface area contributed by atoms with E-state index >= 15 is 0 Å². The number of anilines is 1. The second-order valence-corrected chi connectivity index (χ2v) is 9.45. The Morgan fingerprint density at radius 1 is 1.14 bits per heavy atom. The third-order valence-electron chi connectivity index (χ3n) is 6.06. The van der Waals surface area contributed by atoms with Gasteiger partial charge in [0.15, 0.2) is 0 Å². The van der Waals surface area contributed by atoms with Crippen molar-refractivity contribution in [2.75, 3.05) is 12.8 Å². The average molecular weight is 384 g/mol. The van der Waals surface area contributed by atoms with Gasteiger partial charge in [0.1, 0.15) is 22.7 Å². The predicted octanol–water partition coefficient (Wildman–Crippen LogP) is 4.94. The molecule has 0 fully saturated rings. The number of hydrogen-bond acceptors (Lipinski definition) is 4. The largest absolute Gasteiger partial charge is 0.495 e. The molecule has 0 aliphatic carbocycles. The van der Waals surface area contributed by atoms with Gasteiger partial charge in [-0.2, -0.15) is 0 Å². The van der Waals surface area contributed by atoms with E-state index in [1.165, 1.54) is 5.56 Å². The molecule has 4 heteroatoms. The minimum atomic E-state index is -1.06. The first-order chi connectivity index (χ1) is 13.0. The van der Waals surface area contributed by atoms with Gasteiger partial charge in [-0.15, -0.1) is 0 Å². The van der Waals surface area contributed by atoms with E-state index in [9.17, 15) is 5.11 Å². The van der Waals surface area contributed by atoms with Crippen LogP contribution in [0.5, 0.6) is 11.5 Å². The van der Waals surface area contributed by atoms with Crippen molar-refractivity contribution in [1.29, 1.82) is 0 Å². The van der Waals surface area contributed by atoms with Crippen molar-refractivity contribution >= 4 is 5.69 Å². The summed E-state index contributed by atoms with van der Waals surface area (Å²) in [6, 6.07) is 14.0. The normalized spacial score (nSPS) is 23.6. The lowest BCUT2D eigenvalue weighted by Gasteiger charge is -2.55. The third kappa shape index (κ3) is 3.46. The Kier molecular flexibility index (Phi) is 5.13. The molecule has 2 aromatic rings. The maximum Gasteiger partial charge on any atom is 0.142 e. The molecule has 2 atom stereocenters. The van der Waals surface area contributed by atoms with Crippen LogP contribution in [-0.4, -0.2) is 23.4 Å². The Morgan fingerprint density at radius 3 is 2.36 bits per heavy atom. The smallest absolute Gasteiger partial charge is 0.142 e. The number of fused-ring (bicyclic) bond motifs is 1. The molecule has 4 nitrogen and oxygen atoms in total. The zero-order chi connectivity index (χ0) is 20.7. The van der Waals surface area contributed by atoms with Gasteiger partial charge in [0.25, 0.3) is 0 Å². The van der Waals surface area contributed by atoms with Gasteiger partial charge in [0.05, 0.1) is 12.8 Å². The van der Waals surface area contributed by atoms with Crippen LogP contribution in [0.15, 0.2) is 42.5 Å². The van der Waals surface area contributed by atoms with Gasteiger partial charge in [0, 0.05) is 17.5 Å². The molecule has 3 rings (SSSR count). The van der Waals surface area contributed by atoms with E-state index in [4.69, 9.17) is 15.2 Å². The van der Waals surface area contributed by atoms with Crippen molar-refractivity contribution in [2.45, 2.75) is 64.6 Å². The first kappa shape index (κ1) is 20.5. The van der Waals surface area contributed by atoms with Gasteiger partial charge >= 0.3 is 0 Å². The van der Waals surface area contributed by atoms with Crippen LogP contribution in [0.3, 0.4) is 0 Å². The summed E-state index contributed by atoms with van der Waals surface area (Å²) in [5.41, 5.74) is 6.81. The van der Waals surface area contributed by atoms with Crippen molar-refractivity contribution in [3.05, 3.63) is 53.6 Å². The van der Waals surface area contributed by atoms with Gasteiger partial charge in [-0.05, 0) is 43.7 Å². The minimum absolute atomic E-state index is 0.142. The molecular formula is C24H33NO3. The maximum absolute atomic E-state index is 12.1. The van der Waals surface area contributed by atoms with E-state index in [1.54, 1.807) is 7.11 Å². The molecule has 0 saturated carbocycles. The topological polar surface area (TPSA) is 64.7 Å². The van der Waals surface area contributed by atoms with Crippen LogP contribution in [0.2, 0.25) is 0 Å². The molecule has 0 spiro atoms. The fourth-order valence-corrected chi connectivity index (χ4v) is 4.66. The molecule has 1 aliphatic heterocycles. The van der Waals surface area contributed by atoms with E-state index in [0.29, 0.717) is 17.9 Å². The fraction of sp³-hybridized carbons (Fsp3) is 0.500. The van der Waals surface area contributed by atoms with Crippen LogP contribution < -0.4 is 15.2 Å². The zero-order valence-electron chi connectivity index (χ0n) is 17.9. The van der Waals surface area contributed by atoms with Gasteiger partial charge < -0.3 is 20.3 Å². The quantitative estimate of drug-likeness (QED) is 0.734. The highest BCUT2D eigenvalue weighted by Crippen LogP contribution is 2.57. The number of ether oxygens (including phenoxy) is 2. The molecule has 152 valence electrons. The highest BCUT2D eigenvalue weighted by molar-refractivity contribution is 5.62. The van der Waals surface area contributed by atoms with E-state index in [0.717, 1.165) is 17.7 Å². The highest BCUT2D eigenvalue weighted by Gasteiger charge is 2.58. The number of benzene rings is 2. The van der Waals surface area contributed by atoms with Crippen LogP contribution in [0.25, 0.3) is 0 Å². The summed E-state index contributed by atoms with van der Waals surface area (Å²) in [6.45, 7) is 10.4. The number of rotatable bonds is 4. The molecule has 2 aromatic carbocycles. The number of methoxy groups -OCH3 is 1. The first-order valence-electron chi connectivity index (χ1n) is 9.92. The number of aryl methyl sites for hydroxylation is 1. The maximum atomic E-state index is 12.1. The van der Waals surface area contributed by atoms with Crippen LogP contribution >= 0.6 is 0 Å². The molecule has 28 heavy (non-hydrogen) atoms. The van der Waals surface area contributed by atoms with E-state index in [2.05, 4.69) is 32.9 Å². The molecule has 0 aromatic heterocycles. The molecule has 1 aliphatic rings. The van der Waals surface area contributed by atoms with Gasteiger partial charge in [0.2, 0.25) is 0 Å². The van der Waals surface area contributed by atoms with Gasteiger partial charge in [-0.1, -0.05) is 51.1 Å².